The van der Waals surface area contributed by atoms with Crippen molar-refractivity contribution in [2.45, 2.75) is 17.4 Å². The van der Waals surface area contributed by atoms with Crippen LogP contribution in [0.4, 0.5) is 5.69 Å². The van der Waals surface area contributed by atoms with E-state index in [0.29, 0.717) is 5.76 Å². The third-order valence-corrected chi connectivity index (χ3v) is 4.42. The first-order valence-corrected chi connectivity index (χ1v) is 7.84. The van der Waals surface area contributed by atoms with E-state index in [1.165, 1.54) is 6.26 Å². The summed E-state index contributed by atoms with van der Waals surface area (Å²) in [5.74, 6) is 0.356. The summed E-state index contributed by atoms with van der Waals surface area (Å²) >= 11 is 0. The van der Waals surface area contributed by atoms with Gasteiger partial charge in [-0.2, -0.15) is 0 Å². The molecule has 0 aliphatic rings. The molecule has 1 atom stereocenters. The van der Waals surface area contributed by atoms with Crippen molar-refractivity contribution in [3.05, 3.63) is 58.5 Å². The van der Waals surface area contributed by atoms with Gasteiger partial charge in [0.15, 0.2) is 0 Å². The van der Waals surface area contributed by atoms with E-state index >= 15 is 0 Å². The molecule has 0 fully saturated rings. The van der Waals surface area contributed by atoms with Crippen LogP contribution in [0.5, 0.6) is 0 Å². The molecule has 2 aromatic rings. The number of hydrogen-bond acceptors (Lipinski definition) is 6. The minimum atomic E-state index is -3.78. The van der Waals surface area contributed by atoms with Crippen LogP contribution in [0, 0.1) is 10.1 Å². The van der Waals surface area contributed by atoms with E-state index in [0.717, 1.165) is 24.3 Å². The lowest BCUT2D eigenvalue weighted by molar-refractivity contribution is -0.384. The van der Waals surface area contributed by atoms with Gasteiger partial charge in [-0.15, -0.1) is 0 Å². The average molecular weight is 326 g/mol. The quantitative estimate of drug-likeness (QED) is 0.588. The van der Waals surface area contributed by atoms with Crippen LogP contribution in [0.1, 0.15) is 18.3 Å². The Bertz CT molecular complexity index is 724. The Morgan fingerprint density at radius 2 is 1.95 bits per heavy atom. The number of nitrogens with zero attached hydrogens (tertiary/aromatic N) is 1. The molecule has 0 aliphatic heterocycles. The van der Waals surface area contributed by atoms with E-state index in [1.54, 1.807) is 12.1 Å². The maximum Gasteiger partial charge on any atom is 0.269 e. The summed E-state index contributed by atoms with van der Waals surface area (Å²) in [6, 6.07) is 7.76. The molecule has 1 aromatic carbocycles. The van der Waals surface area contributed by atoms with Crippen LogP contribution in [0.15, 0.2) is 52.0 Å². The maximum atomic E-state index is 12.0. The van der Waals surface area contributed by atoms with E-state index < -0.39 is 21.1 Å². The topological polar surface area (TPSA) is 123 Å². The number of non-ortho nitro benzene ring substituents is 1. The number of hydrogen-bond donors (Lipinski definition) is 2. The first-order chi connectivity index (χ1) is 10.4. The molecule has 2 rings (SSSR count). The Kier molecular flexibility index (Phi) is 4.91. The molecule has 0 amide bonds. The highest BCUT2D eigenvalue weighted by atomic mass is 32.2. The predicted molar refractivity (Wildman–Crippen MR) is 76.6 cm³/mol. The summed E-state index contributed by atoms with van der Waals surface area (Å²) in [7, 11) is -3.78. The second kappa shape index (κ2) is 6.69. The highest BCUT2D eigenvalue weighted by molar-refractivity contribution is 7.89. The highest BCUT2D eigenvalue weighted by Gasteiger charge is 2.17. The van der Waals surface area contributed by atoms with Crippen molar-refractivity contribution < 1.29 is 22.9 Å². The van der Waals surface area contributed by atoms with E-state index in [1.807, 2.05) is 0 Å². The normalized spacial score (nSPS) is 13.0. The third-order valence-electron chi connectivity index (χ3n) is 2.94. The van der Waals surface area contributed by atoms with Gasteiger partial charge in [-0.3, -0.25) is 10.1 Å². The lowest BCUT2D eigenvalue weighted by Crippen LogP contribution is -2.25. The molecule has 0 saturated heterocycles. The minimum absolute atomic E-state index is 0.00118. The van der Waals surface area contributed by atoms with Gasteiger partial charge in [0, 0.05) is 18.7 Å². The lowest BCUT2D eigenvalue weighted by Gasteiger charge is -2.09. The summed E-state index contributed by atoms with van der Waals surface area (Å²) in [6.45, 7) is 0.00118. The monoisotopic (exact) mass is 326 g/mol. The second-order valence-corrected chi connectivity index (χ2v) is 6.24. The molecule has 1 heterocycles. The number of aliphatic hydroxyl groups is 1. The molecule has 8 nitrogen and oxygen atoms in total. The molecule has 1 aromatic heterocycles. The Balaban J connectivity index is 1.95. The van der Waals surface area contributed by atoms with Gasteiger partial charge in [0.05, 0.1) is 16.1 Å². The average Bonchev–Trinajstić information content (AvgIpc) is 3.01. The number of nitrogens with one attached hydrogen (secondary N) is 1. The standard InChI is InChI=1S/C13H14N2O6S/c16-12(13-2-1-9-21-13)7-8-14-22(19,20)11-5-3-10(4-6-11)15(17)18/h1-6,9,12,14,16H,7-8H2. The van der Waals surface area contributed by atoms with Crippen LogP contribution in [-0.4, -0.2) is 25.0 Å². The molecule has 0 spiro atoms. The number of nitro benzene ring substituents is 1. The lowest BCUT2D eigenvalue weighted by atomic mass is 10.2. The van der Waals surface area contributed by atoms with Crippen LogP contribution >= 0.6 is 0 Å². The Morgan fingerprint density at radius 1 is 1.27 bits per heavy atom. The van der Waals surface area contributed by atoms with Crippen LogP contribution < -0.4 is 4.72 Å². The summed E-state index contributed by atoms with van der Waals surface area (Å²) < 4.78 is 31.3. The summed E-state index contributed by atoms with van der Waals surface area (Å²) in [5, 5.41) is 20.3. The summed E-state index contributed by atoms with van der Waals surface area (Å²) in [5.41, 5.74) is -0.188. The van der Waals surface area contributed by atoms with Crippen LogP contribution in [-0.2, 0) is 10.0 Å². The van der Waals surface area contributed by atoms with Crippen LogP contribution in [0.3, 0.4) is 0 Å². The molecule has 2 N–H and O–H groups in total. The number of nitro groups is 1. The number of aliphatic hydroxyl groups excluding tert-OH is 1. The van der Waals surface area contributed by atoms with Crippen molar-refractivity contribution in [3.8, 4) is 0 Å². The number of furan rings is 1. The highest BCUT2D eigenvalue weighted by Crippen LogP contribution is 2.18. The van der Waals surface area contributed by atoms with Crippen LogP contribution in [0.25, 0.3) is 0 Å². The van der Waals surface area contributed by atoms with E-state index in [-0.39, 0.29) is 23.5 Å². The fourth-order valence-corrected chi connectivity index (χ4v) is 2.83. The Labute approximate surface area is 126 Å². The van der Waals surface area contributed by atoms with Crippen molar-refractivity contribution in [3.63, 3.8) is 0 Å². The SMILES string of the molecule is O=[N+]([O-])c1ccc(S(=O)(=O)NCCC(O)c2ccco2)cc1. The first kappa shape index (κ1) is 16.1. The van der Waals surface area contributed by atoms with Crippen LogP contribution in [0.2, 0.25) is 0 Å². The molecule has 0 bridgehead atoms. The molecule has 9 heteroatoms. The fraction of sp³-hybridized carbons (Fsp3) is 0.231. The predicted octanol–water partition coefficient (Wildman–Crippen LogP) is 1.59. The zero-order valence-corrected chi connectivity index (χ0v) is 12.2. The zero-order valence-electron chi connectivity index (χ0n) is 11.4. The minimum Gasteiger partial charge on any atom is -0.467 e. The summed E-state index contributed by atoms with van der Waals surface area (Å²) in [6.07, 6.45) is 0.647. The molecular weight excluding hydrogens is 312 g/mol. The van der Waals surface area contributed by atoms with Gasteiger partial charge in [0.25, 0.3) is 5.69 Å². The van der Waals surface area contributed by atoms with E-state index in [9.17, 15) is 23.6 Å². The number of rotatable bonds is 7. The molecule has 118 valence electrons. The Hall–Kier alpha value is -2.23. The van der Waals surface area contributed by atoms with Gasteiger partial charge >= 0.3 is 0 Å². The van der Waals surface area contributed by atoms with Gasteiger partial charge in [0.1, 0.15) is 11.9 Å². The van der Waals surface area contributed by atoms with Gasteiger partial charge in [-0.1, -0.05) is 0 Å². The van der Waals surface area contributed by atoms with Gasteiger partial charge in [0.2, 0.25) is 10.0 Å². The fourth-order valence-electron chi connectivity index (χ4n) is 1.78. The number of benzene rings is 1. The summed E-state index contributed by atoms with van der Waals surface area (Å²) in [4.78, 5) is 9.84. The largest absolute Gasteiger partial charge is 0.467 e. The first-order valence-electron chi connectivity index (χ1n) is 6.36. The van der Waals surface area contributed by atoms with Gasteiger partial charge in [-0.05, 0) is 30.7 Å². The zero-order chi connectivity index (χ0) is 16.2. The van der Waals surface area contributed by atoms with Gasteiger partial charge in [-0.25, -0.2) is 13.1 Å². The van der Waals surface area contributed by atoms with Crippen molar-refractivity contribution >= 4 is 15.7 Å². The van der Waals surface area contributed by atoms with Crippen molar-refractivity contribution in [2.75, 3.05) is 6.54 Å². The maximum absolute atomic E-state index is 12.0. The molecule has 0 saturated carbocycles. The van der Waals surface area contributed by atoms with E-state index in [4.69, 9.17) is 4.42 Å². The van der Waals surface area contributed by atoms with Crippen molar-refractivity contribution in [2.24, 2.45) is 0 Å². The molecule has 0 aliphatic carbocycles. The third kappa shape index (κ3) is 3.91. The molecule has 1 unspecified atom stereocenters. The smallest absolute Gasteiger partial charge is 0.269 e. The van der Waals surface area contributed by atoms with Gasteiger partial charge < -0.3 is 9.52 Å². The number of sulfonamides is 1. The molecular formula is C13H14N2O6S. The van der Waals surface area contributed by atoms with Crippen molar-refractivity contribution in [1.82, 2.24) is 4.72 Å². The Morgan fingerprint density at radius 3 is 2.50 bits per heavy atom. The second-order valence-electron chi connectivity index (χ2n) is 4.47. The molecule has 0 radical (unpaired) electrons. The molecule has 22 heavy (non-hydrogen) atoms. The van der Waals surface area contributed by atoms with E-state index in [2.05, 4.69) is 4.72 Å². The van der Waals surface area contributed by atoms with Crippen molar-refractivity contribution in [1.29, 1.82) is 0 Å².